The van der Waals surface area contributed by atoms with E-state index in [0.29, 0.717) is 0 Å². The Morgan fingerprint density at radius 2 is 2.23 bits per heavy atom. The smallest absolute Gasteiger partial charge is 0.0939 e. The Balaban J connectivity index is 2.28. The van der Waals surface area contributed by atoms with Gasteiger partial charge < -0.3 is 0 Å². The highest BCUT2D eigenvalue weighted by Gasteiger charge is 2.01. The van der Waals surface area contributed by atoms with Crippen molar-refractivity contribution in [3.63, 3.8) is 0 Å². The van der Waals surface area contributed by atoms with Crippen molar-refractivity contribution in [3.05, 3.63) is 35.0 Å². The molecule has 67 valence electrons. The number of aromatic nitrogens is 1. The Morgan fingerprint density at radius 1 is 1.38 bits per heavy atom. The molecule has 0 atom stereocenters. The standard InChI is InChI=1S/C10H10NS2/c12-7-3-6-10-11-8-4-1-2-5-9(8)13-10/h1-2,4-5,7,12H,3,6H2. The van der Waals surface area contributed by atoms with Crippen LogP contribution in [-0.4, -0.2) is 4.98 Å². The van der Waals surface area contributed by atoms with Gasteiger partial charge in [-0.3, -0.25) is 0 Å². The minimum Gasteiger partial charge on any atom is -0.241 e. The number of thiazole rings is 1. The van der Waals surface area contributed by atoms with Gasteiger partial charge in [0.1, 0.15) is 0 Å². The Kier molecular flexibility index (Phi) is 2.86. The molecular formula is C10H10NS2. The number of hydrogen-bond donors (Lipinski definition) is 1. The summed E-state index contributed by atoms with van der Waals surface area (Å²) in [6.45, 7) is 0. The number of fused-ring (bicyclic) bond motifs is 1. The Bertz CT molecular complexity index is 361. The predicted octanol–water partition coefficient (Wildman–Crippen LogP) is 3.32. The van der Waals surface area contributed by atoms with E-state index in [1.54, 1.807) is 11.3 Å². The Morgan fingerprint density at radius 3 is 3.00 bits per heavy atom. The second kappa shape index (κ2) is 4.11. The molecule has 1 radical (unpaired) electrons. The number of thiol groups is 1. The summed E-state index contributed by atoms with van der Waals surface area (Å²) in [6, 6.07) is 8.24. The minimum atomic E-state index is 0.989. The van der Waals surface area contributed by atoms with Crippen LogP contribution in [0.25, 0.3) is 10.2 Å². The highest BCUT2D eigenvalue weighted by molar-refractivity contribution is 7.82. The zero-order valence-corrected chi connectivity index (χ0v) is 8.81. The van der Waals surface area contributed by atoms with Crippen LogP contribution < -0.4 is 0 Å². The van der Waals surface area contributed by atoms with E-state index < -0.39 is 0 Å². The zero-order valence-electron chi connectivity index (χ0n) is 7.10. The first-order valence-electron chi connectivity index (χ1n) is 4.20. The fourth-order valence-electron chi connectivity index (χ4n) is 1.21. The molecule has 0 fully saturated rings. The van der Waals surface area contributed by atoms with Gasteiger partial charge in [-0.05, 0) is 18.6 Å². The van der Waals surface area contributed by atoms with Gasteiger partial charge in [0.15, 0.2) is 0 Å². The van der Waals surface area contributed by atoms with Crippen molar-refractivity contribution in [2.24, 2.45) is 0 Å². The zero-order chi connectivity index (χ0) is 9.10. The number of nitrogens with zero attached hydrogens (tertiary/aromatic N) is 1. The lowest BCUT2D eigenvalue weighted by Gasteiger charge is -1.88. The minimum absolute atomic E-state index is 0.989. The fraction of sp³-hybridized carbons (Fsp3) is 0.200. The van der Waals surface area contributed by atoms with Crippen molar-refractivity contribution < 1.29 is 0 Å². The maximum absolute atomic E-state index is 4.51. The average Bonchev–Trinajstić information content (AvgIpc) is 2.57. The Hall–Kier alpha value is -0.540. The second-order valence-corrected chi connectivity index (χ2v) is 4.28. The first-order valence-corrected chi connectivity index (χ1v) is 5.54. The van der Waals surface area contributed by atoms with Gasteiger partial charge >= 0.3 is 0 Å². The predicted molar refractivity (Wildman–Crippen MR) is 61.2 cm³/mol. The van der Waals surface area contributed by atoms with Crippen LogP contribution in [0.2, 0.25) is 0 Å². The normalized spacial score (nSPS) is 10.8. The first-order chi connectivity index (χ1) is 6.40. The molecule has 13 heavy (non-hydrogen) atoms. The summed E-state index contributed by atoms with van der Waals surface area (Å²) in [4.78, 5) is 4.51. The SMILES string of the molecule is S[CH]CCc1nc2ccccc2s1. The molecule has 1 heterocycles. The summed E-state index contributed by atoms with van der Waals surface area (Å²) < 4.78 is 1.27. The molecule has 2 aromatic rings. The van der Waals surface area contributed by atoms with Crippen LogP contribution in [0.15, 0.2) is 24.3 Å². The number of aryl methyl sites for hydroxylation is 1. The van der Waals surface area contributed by atoms with E-state index in [9.17, 15) is 0 Å². The summed E-state index contributed by atoms with van der Waals surface area (Å²) >= 11 is 5.84. The van der Waals surface area contributed by atoms with E-state index in [1.165, 1.54) is 9.71 Å². The van der Waals surface area contributed by atoms with E-state index in [0.717, 1.165) is 18.4 Å². The van der Waals surface area contributed by atoms with Gasteiger partial charge in [0.2, 0.25) is 0 Å². The van der Waals surface area contributed by atoms with Gasteiger partial charge in [0.25, 0.3) is 0 Å². The van der Waals surface area contributed by atoms with Crippen molar-refractivity contribution in [2.75, 3.05) is 0 Å². The van der Waals surface area contributed by atoms with E-state index in [4.69, 9.17) is 0 Å². The average molecular weight is 208 g/mol. The third kappa shape index (κ3) is 2.03. The number of rotatable bonds is 3. The van der Waals surface area contributed by atoms with Crippen molar-refractivity contribution in [2.45, 2.75) is 12.8 Å². The third-order valence-electron chi connectivity index (χ3n) is 1.83. The van der Waals surface area contributed by atoms with Gasteiger partial charge in [0, 0.05) is 12.2 Å². The van der Waals surface area contributed by atoms with Gasteiger partial charge in [0.05, 0.1) is 15.2 Å². The van der Waals surface area contributed by atoms with Crippen LogP contribution in [0.3, 0.4) is 0 Å². The number of benzene rings is 1. The highest BCUT2D eigenvalue weighted by Crippen LogP contribution is 2.22. The van der Waals surface area contributed by atoms with E-state index in [-0.39, 0.29) is 0 Å². The van der Waals surface area contributed by atoms with E-state index in [2.05, 4.69) is 35.8 Å². The van der Waals surface area contributed by atoms with Crippen LogP contribution in [-0.2, 0) is 6.42 Å². The van der Waals surface area contributed by atoms with Gasteiger partial charge in [-0.25, -0.2) is 4.98 Å². The first kappa shape index (κ1) is 9.03. The lowest BCUT2D eigenvalue weighted by atomic mass is 10.3. The summed E-state index contributed by atoms with van der Waals surface area (Å²) in [6.07, 6.45) is 1.99. The number of hydrogen-bond acceptors (Lipinski definition) is 3. The van der Waals surface area contributed by atoms with E-state index in [1.807, 2.05) is 11.8 Å². The highest BCUT2D eigenvalue weighted by atomic mass is 32.1. The molecule has 3 heteroatoms. The van der Waals surface area contributed by atoms with Gasteiger partial charge in [-0.2, -0.15) is 12.6 Å². The van der Waals surface area contributed by atoms with Crippen LogP contribution in [0.5, 0.6) is 0 Å². The molecule has 2 rings (SSSR count). The molecule has 0 amide bonds. The summed E-state index contributed by atoms with van der Waals surface area (Å²) in [5.74, 6) is 1.88. The maximum atomic E-state index is 4.51. The van der Waals surface area contributed by atoms with Crippen LogP contribution in [0.4, 0.5) is 0 Å². The summed E-state index contributed by atoms with van der Waals surface area (Å²) in [7, 11) is 0. The molecular weight excluding hydrogens is 198 g/mol. The van der Waals surface area contributed by atoms with Crippen LogP contribution >= 0.6 is 24.0 Å². The molecule has 0 unspecified atom stereocenters. The van der Waals surface area contributed by atoms with E-state index >= 15 is 0 Å². The molecule has 0 saturated heterocycles. The molecule has 1 aromatic heterocycles. The molecule has 0 spiro atoms. The lowest BCUT2D eigenvalue weighted by Crippen LogP contribution is -1.80. The second-order valence-electron chi connectivity index (χ2n) is 2.80. The lowest BCUT2D eigenvalue weighted by molar-refractivity contribution is 0.974. The maximum Gasteiger partial charge on any atom is 0.0939 e. The van der Waals surface area contributed by atoms with Crippen LogP contribution in [0, 0.1) is 5.75 Å². The van der Waals surface area contributed by atoms with Crippen molar-refractivity contribution >= 4 is 34.2 Å². The summed E-state index contributed by atoms with van der Waals surface area (Å²) in [5.41, 5.74) is 1.11. The van der Waals surface area contributed by atoms with Gasteiger partial charge in [-0.1, -0.05) is 12.1 Å². The molecule has 1 nitrogen and oxygen atoms in total. The topological polar surface area (TPSA) is 12.9 Å². The molecule has 0 aliphatic carbocycles. The molecule has 0 aliphatic rings. The number of para-hydroxylation sites is 1. The van der Waals surface area contributed by atoms with Crippen molar-refractivity contribution in [1.29, 1.82) is 0 Å². The third-order valence-corrected chi connectivity index (χ3v) is 3.18. The fourth-order valence-corrected chi connectivity index (χ4v) is 2.33. The molecule has 0 N–H and O–H groups in total. The van der Waals surface area contributed by atoms with Crippen molar-refractivity contribution in [3.8, 4) is 0 Å². The van der Waals surface area contributed by atoms with Crippen molar-refractivity contribution in [1.82, 2.24) is 4.98 Å². The summed E-state index contributed by atoms with van der Waals surface area (Å²) in [5, 5.41) is 1.20. The Labute approximate surface area is 87.2 Å². The molecule has 0 aliphatic heterocycles. The molecule has 0 saturated carbocycles. The molecule has 1 aromatic carbocycles. The largest absolute Gasteiger partial charge is 0.241 e. The monoisotopic (exact) mass is 208 g/mol. The quantitative estimate of drug-likeness (QED) is 0.763. The van der Waals surface area contributed by atoms with Gasteiger partial charge in [-0.15, -0.1) is 11.3 Å². The molecule has 0 bridgehead atoms. The van der Waals surface area contributed by atoms with Crippen LogP contribution in [0.1, 0.15) is 11.4 Å².